The van der Waals surface area contributed by atoms with Crippen molar-refractivity contribution in [3.63, 3.8) is 0 Å². The fourth-order valence-electron chi connectivity index (χ4n) is 5.00. The van der Waals surface area contributed by atoms with Crippen LogP contribution >= 0.6 is 11.6 Å². The summed E-state index contributed by atoms with van der Waals surface area (Å²) < 4.78 is 16.0. The predicted octanol–water partition coefficient (Wildman–Crippen LogP) is 4.57. The van der Waals surface area contributed by atoms with E-state index in [1.54, 1.807) is 18.5 Å². The van der Waals surface area contributed by atoms with E-state index in [4.69, 9.17) is 16.6 Å². The zero-order valence-electron chi connectivity index (χ0n) is 19.3. The van der Waals surface area contributed by atoms with Gasteiger partial charge in [0.25, 0.3) is 0 Å². The van der Waals surface area contributed by atoms with Gasteiger partial charge in [-0.15, -0.1) is 0 Å². The lowest BCUT2D eigenvalue weighted by molar-refractivity contribution is 0.372. The molecule has 1 fully saturated rings. The first kappa shape index (κ1) is 22.3. The largest absolute Gasteiger partial charge is 0.356 e. The number of nitrogens with zero attached hydrogens (tertiary/aromatic N) is 6. The van der Waals surface area contributed by atoms with E-state index in [0.29, 0.717) is 5.92 Å². The normalized spacial score (nSPS) is 16.6. The fraction of sp³-hybridized carbons (Fsp3) is 0.480. The average Bonchev–Trinajstić information content (AvgIpc) is 3.47. The van der Waals surface area contributed by atoms with Crippen LogP contribution < -0.4 is 4.90 Å². The Morgan fingerprint density at radius 3 is 2.73 bits per heavy atom. The molecule has 0 radical (unpaired) electrons. The zero-order chi connectivity index (χ0) is 22.9. The van der Waals surface area contributed by atoms with Gasteiger partial charge in [0.1, 0.15) is 23.8 Å². The summed E-state index contributed by atoms with van der Waals surface area (Å²) in [6.07, 6.45) is 9.20. The van der Waals surface area contributed by atoms with Crippen molar-refractivity contribution < 1.29 is 4.39 Å². The summed E-state index contributed by atoms with van der Waals surface area (Å²) in [7, 11) is 4.16. The Kier molecular flexibility index (Phi) is 6.34. The van der Waals surface area contributed by atoms with Gasteiger partial charge in [-0.2, -0.15) is 0 Å². The fourth-order valence-corrected chi connectivity index (χ4v) is 5.18. The number of likely N-dealkylation sites (N-methyl/N-ethyl adjacent to an activating group) is 1. The molecule has 2 aliphatic rings. The summed E-state index contributed by atoms with van der Waals surface area (Å²) in [6.45, 7) is 3.72. The molecule has 1 aliphatic heterocycles. The van der Waals surface area contributed by atoms with Gasteiger partial charge in [-0.05, 0) is 64.4 Å². The highest BCUT2D eigenvalue weighted by Crippen LogP contribution is 2.35. The van der Waals surface area contributed by atoms with Crippen molar-refractivity contribution in [1.29, 1.82) is 0 Å². The van der Waals surface area contributed by atoms with Gasteiger partial charge in [0.15, 0.2) is 0 Å². The van der Waals surface area contributed by atoms with Gasteiger partial charge in [-0.1, -0.05) is 11.6 Å². The van der Waals surface area contributed by atoms with Crippen LogP contribution in [0.2, 0.25) is 5.02 Å². The second-order valence-corrected chi connectivity index (χ2v) is 9.75. The lowest BCUT2D eigenvalue weighted by atomic mass is 9.95. The minimum Gasteiger partial charge on any atom is -0.356 e. The van der Waals surface area contributed by atoms with Crippen molar-refractivity contribution in [2.45, 2.75) is 44.6 Å². The number of hydrogen-bond acceptors (Lipinski definition) is 5. The molecule has 0 bridgehead atoms. The molecule has 174 valence electrons. The van der Waals surface area contributed by atoms with Crippen LogP contribution in [0.5, 0.6) is 0 Å². The summed E-state index contributed by atoms with van der Waals surface area (Å²) in [4.78, 5) is 18.8. The molecular formula is C25H30ClFN6. The number of fused-ring (bicyclic) bond motifs is 1. The molecule has 5 rings (SSSR count). The molecule has 8 heteroatoms. The number of rotatable bonds is 6. The number of imidazole rings is 1. The molecule has 0 amide bonds. The van der Waals surface area contributed by atoms with Gasteiger partial charge < -0.3 is 14.4 Å². The monoisotopic (exact) mass is 468 g/mol. The number of halogens is 2. The summed E-state index contributed by atoms with van der Waals surface area (Å²) in [5.74, 6) is 2.22. The lowest BCUT2D eigenvalue weighted by Gasteiger charge is -2.33. The molecule has 3 aromatic rings. The molecular weight excluding hydrogens is 439 g/mol. The molecule has 1 aliphatic carbocycles. The van der Waals surface area contributed by atoms with E-state index in [1.807, 2.05) is 0 Å². The summed E-state index contributed by atoms with van der Waals surface area (Å²) in [5.41, 5.74) is 4.27. The molecule has 0 atom stereocenters. The first-order valence-electron chi connectivity index (χ1n) is 11.7. The molecule has 0 N–H and O–H groups in total. The summed E-state index contributed by atoms with van der Waals surface area (Å²) >= 11 is 6.04. The highest BCUT2D eigenvalue weighted by molar-refractivity contribution is 6.31. The Balaban J connectivity index is 1.37. The van der Waals surface area contributed by atoms with Crippen molar-refractivity contribution >= 4 is 17.4 Å². The first-order valence-corrected chi connectivity index (χ1v) is 12.1. The van der Waals surface area contributed by atoms with Gasteiger partial charge in [0, 0.05) is 55.1 Å². The number of benzene rings is 1. The van der Waals surface area contributed by atoms with E-state index in [2.05, 4.69) is 44.6 Å². The smallest absolute Gasteiger partial charge is 0.141 e. The third kappa shape index (κ3) is 4.62. The average molecular weight is 469 g/mol. The predicted molar refractivity (Wildman–Crippen MR) is 129 cm³/mol. The molecule has 33 heavy (non-hydrogen) atoms. The van der Waals surface area contributed by atoms with Crippen molar-refractivity contribution in [1.82, 2.24) is 24.4 Å². The third-order valence-corrected chi connectivity index (χ3v) is 7.11. The Morgan fingerprint density at radius 2 is 1.97 bits per heavy atom. The zero-order valence-corrected chi connectivity index (χ0v) is 20.0. The van der Waals surface area contributed by atoms with Crippen LogP contribution in [0.4, 0.5) is 10.2 Å². The van der Waals surface area contributed by atoms with Crippen LogP contribution in [0.3, 0.4) is 0 Å². The Hall–Kier alpha value is -2.51. The van der Waals surface area contributed by atoms with Gasteiger partial charge in [0.05, 0.1) is 10.7 Å². The van der Waals surface area contributed by atoms with Crippen LogP contribution in [0.1, 0.15) is 42.3 Å². The second kappa shape index (κ2) is 9.39. The highest BCUT2D eigenvalue weighted by atomic mass is 35.5. The SMILES string of the molecule is CN(C)CCn1cc(-c2ccc(F)c(Cl)c2)nc1C1CCN(c2ncnc3c2CCC3)CC1. The number of hydrogen-bond donors (Lipinski definition) is 0. The van der Waals surface area contributed by atoms with Crippen molar-refractivity contribution in [3.8, 4) is 11.3 Å². The Morgan fingerprint density at radius 1 is 1.15 bits per heavy atom. The van der Waals surface area contributed by atoms with Gasteiger partial charge >= 0.3 is 0 Å². The van der Waals surface area contributed by atoms with Crippen LogP contribution in [-0.2, 0) is 19.4 Å². The molecule has 3 heterocycles. The van der Waals surface area contributed by atoms with Crippen molar-refractivity contribution in [2.75, 3.05) is 38.6 Å². The number of aryl methyl sites for hydroxylation is 1. The Labute approximate surface area is 199 Å². The standard InChI is InChI=1S/C25H30ClFN6/c1-31(2)12-13-33-15-23(18-6-7-21(27)20(26)14-18)30-24(33)17-8-10-32(11-9-17)25-19-4-3-5-22(19)28-16-29-25/h6-7,14-17H,3-5,8-13H2,1-2H3. The summed E-state index contributed by atoms with van der Waals surface area (Å²) in [5, 5.41) is 0.127. The molecule has 0 unspecified atom stereocenters. The summed E-state index contributed by atoms with van der Waals surface area (Å²) in [6, 6.07) is 4.83. The Bertz CT molecular complexity index is 1140. The van der Waals surface area contributed by atoms with Gasteiger partial charge in [-0.3, -0.25) is 0 Å². The van der Waals surface area contributed by atoms with Crippen LogP contribution in [0, 0.1) is 5.82 Å². The maximum absolute atomic E-state index is 13.7. The topological polar surface area (TPSA) is 50.1 Å². The molecule has 1 saturated heterocycles. The number of piperidine rings is 1. The van der Waals surface area contributed by atoms with Crippen LogP contribution in [-0.4, -0.2) is 58.1 Å². The molecule has 1 aromatic carbocycles. The first-order chi connectivity index (χ1) is 16.0. The van der Waals surface area contributed by atoms with Gasteiger partial charge in [-0.25, -0.2) is 19.3 Å². The van der Waals surface area contributed by atoms with Crippen LogP contribution in [0.25, 0.3) is 11.3 Å². The highest BCUT2D eigenvalue weighted by Gasteiger charge is 2.28. The van der Waals surface area contributed by atoms with E-state index in [9.17, 15) is 4.39 Å². The molecule has 6 nitrogen and oxygen atoms in total. The third-order valence-electron chi connectivity index (χ3n) is 6.82. The van der Waals surface area contributed by atoms with E-state index in [1.165, 1.54) is 23.7 Å². The maximum Gasteiger partial charge on any atom is 0.141 e. The van der Waals surface area contributed by atoms with E-state index < -0.39 is 5.82 Å². The van der Waals surface area contributed by atoms with E-state index >= 15 is 0 Å². The number of anilines is 1. The van der Waals surface area contributed by atoms with Crippen molar-refractivity contribution in [2.24, 2.45) is 0 Å². The maximum atomic E-state index is 13.7. The lowest BCUT2D eigenvalue weighted by Crippen LogP contribution is -2.35. The molecule has 2 aromatic heterocycles. The quantitative estimate of drug-likeness (QED) is 0.530. The van der Waals surface area contributed by atoms with E-state index in [-0.39, 0.29) is 5.02 Å². The molecule has 0 spiro atoms. The molecule has 0 saturated carbocycles. The van der Waals surface area contributed by atoms with E-state index in [0.717, 1.165) is 74.8 Å². The van der Waals surface area contributed by atoms with Crippen molar-refractivity contribution in [3.05, 3.63) is 58.6 Å². The minimum atomic E-state index is -0.406. The second-order valence-electron chi connectivity index (χ2n) is 9.35. The number of aromatic nitrogens is 4. The minimum absolute atomic E-state index is 0.127. The van der Waals surface area contributed by atoms with Crippen LogP contribution in [0.15, 0.2) is 30.7 Å². The van der Waals surface area contributed by atoms with Gasteiger partial charge in [0.2, 0.25) is 0 Å².